The van der Waals surface area contributed by atoms with E-state index in [9.17, 15) is 9.59 Å². The zero-order chi connectivity index (χ0) is 21.4. The van der Waals surface area contributed by atoms with E-state index in [0.717, 1.165) is 30.2 Å². The van der Waals surface area contributed by atoms with E-state index in [1.807, 2.05) is 53.6 Å². The summed E-state index contributed by atoms with van der Waals surface area (Å²) in [6.07, 6.45) is 4.68. The molecule has 2 aromatic carbocycles. The highest BCUT2D eigenvalue weighted by Gasteiger charge is 2.48. The molecule has 3 aromatic rings. The van der Waals surface area contributed by atoms with Crippen LogP contribution in [0.15, 0.2) is 60.8 Å². The molecule has 1 aliphatic heterocycles. The van der Waals surface area contributed by atoms with Crippen LogP contribution < -0.4 is 5.32 Å². The molecule has 1 unspecified atom stereocenters. The average molecular weight is 433 g/mol. The Morgan fingerprint density at radius 3 is 2.71 bits per heavy atom. The van der Waals surface area contributed by atoms with Crippen molar-refractivity contribution in [1.82, 2.24) is 14.8 Å². The van der Waals surface area contributed by atoms with Gasteiger partial charge >= 0.3 is 0 Å². The number of thiocarbonyl (C=S) groups is 1. The van der Waals surface area contributed by atoms with Crippen LogP contribution >= 0.6 is 12.2 Å². The Balaban J connectivity index is 1.30. The van der Waals surface area contributed by atoms with Crippen LogP contribution in [0.5, 0.6) is 0 Å². The molecule has 0 radical (unpaired) electrons. The van der Waals surface area contributed by atoms with Gasteiger partial charge in [-0.3, -0.25) is 14.5 Å². The second kappa shape index (κ2) is 8.15. The number of amides is 2. The molecule has 0 spiro atoms. The van der Waals surface area contributed by atoms with Gasteiger partial charge in [-0.1, -0.05) is 36.4 Å². The largest absolute Gasteiger partial charge is 0.361 e. The summed E-state index contributed by atoms with van der Waals surface area (Å²) in [5.74, 6) is -0.232. The fourth-order valence-corrected chi connectivity index (χ4v) is 4.64. The lowest BCUT2D eigenvalue weighted by Crippen LogP contribution is -2.39. The summed E-state index contributed by atoms with van der Waals surface area (Å²) in [7, 11) is 0. The number of carbonyl (C=O) groups excluding carboxylic acids is 2. The average Bonchev–Trinajstić information content (AvgIpc) is 3.43. The number of aromatic nitrogens is 1. The number of hydrogen-bond acceptors (Lipinski definition) is 3. The van der Waals surface area contributed by atoms with E-state index < -0.39 is 6.04 Å². The van der Waals surface area contributed by atoms with Crippen molar-refractivity contribution >= 4 is 45.7 Å². The van der Waals surface area contributed by atoms with Crippen LogP contribution in [0.2, 0.25) is 0 Å². The number of nitrogens with zero attached hydrogens (tertiary/aromatic N) is 2. The van der Waals surface area contributed by atoms with Gasteiger partial charge in [0.25, 0.3) is 5.91 Å². The highest BCUT2D eigenvalue weighted by Crippen LogP contribution is 2.34. The summed E-state index contributed by atoms with van der Waals surface area (Å²) in [6.45, 7) is 0.615. The van der Waals surface area contributed by atoms with E-state index in [-0.39, 0.29) is 24.3 Å². The first-order chi connectivity index (χ1) is 15.1. The van der Waals surface area contributed by atoms with Crippen molar-refractivity contribution in [2.45, 2.75) is 37.8 Å². The Kier molecular flexibility index (Phi) is 5.19. The first kappa shape index (κ1) is 19.8. The Morgan fingerprint density at radius 1 is 1.13 bits per heavy atom. The Hall–Kier alpha value is -3.19. The van der Waals surface area contributed by atoms with Gasteiger partial charge in [0.05, 0.1) is 6.42 Å². The van der Waals surface area contributed by atoms with Gasteiger partial charge in [0.2, 0.25) is 5.91 Å². The van der Waals surface area contributed by atoms with E-state index in [1.54, 1.807) is 4.90 Å². The first-order valence-corrected chi connectivity index (χ1v) is 11.1. The molecule has 2 heterocycles. The third-order valence-corrected chi connectivity index (χ3v) is 6.40. The predicted molar refractivity (Wildman–Crippen MR) is 125 cm³/mol. The minimum Gasteiger partial charge on any atom is -0.361 e. The summed E-state index contributed by atoms with van der Waals surface area (Å²) < 4.78 is 0. The fourth-order valence-electron chi connectivity index (χ4n) is 4.19. The van der Waals surface area contributed by atoms with E-state index in [1.165, 1.54) is 5.56 Å². The molecule has 7 heteroatoms. The van der Waals surface area contributed by atoms with Crippen molar-refractivity contribution in [2.75, 3.05) is 11.9 Å². The molecule has 158 valence electrons. The summed E-state index contributed by atoms with van der Waals surface area (Å²) in [5.41, 5.74) is 2.85. The van der Waals surface area contributed by atoms with Crippen molar-refractivity contribution in [2.24, 2.45) is 0 Å². The topological polar surface area (TPSA) is 68.4 Å². The molecule has 2 N–H and O–H groups in total. The van der Waals surface area contributed by atoms with Crippen LogP contribution in [0.4, 0.5) is 5.69 Å². The molecular weight excluding hydrogens is 408 g/mol. The van der Waals surface area contributed by atoms with E-state index in [2.05, 4.69) is 22.4 Å². The van der Waals surface area contributed by atoms with Crippen molar-refractivity contribution in [1.29, 1.82) is 0 Å². The number of aromatic amines is 1. The van der Waals surface area contributed by atoms with Crippen LogP contribution in [0.3, 0.4) is 0 Å². The third-order valence-electron chi connectivity index (χ3n) is 5.96. The normalized spacial score (nSPS) is 18.8. The van der Waals surface area contributed by atoms with E-state index in [0.29, 0.717) is 17.3 Å². The van der Waals surface area contributed by atoms with Crippen molar-refractivity contribution in [3.63, 3.8) is 0 Å². The molecule has 6 nitrogen and oxygen atoms in total. The lowest BCUT2D eigenvalue weighted by molar-refractivity contribution is -0.131. The Bertz CT molecular complexity index is 1140. The molecule has 1 atom stereocenters. The molecule has 1 saturated heterocycles. The van der Waals surface area contributed by atoms with Gasteiger partial charge in [0.1, 0.15) is 6.04 Å². The monoisotopic (exact) mass is 432 g/mol. The van der Waals surface area contributed by atoms with Crippen LogP contribution in [0.25, 0.3) is 10.9 Å². The van der Waals surface area contributed by atoms with Crippen LogP contribution in [0.1, 0.15) is 24.8 Å². The van der Waals surface area contributed by atoms with Crippen molar-refractivity contribution in [3.8, 4) is 0 Å². The standard InChI is InChI=1S/C24H24N4O2S/c29-22(26-18-7-6-17-10-12-25-20(17)14-18)15-21-23(30)28(19-8-9-19)24(31)27(21)13-11-16-4-2-1-3-5-16/h1-7,10,12,14,19,21,25H,8-9,11,13,15H2,(H,26,29). The predicted octanol–water partition coefficient (Wildman–Crippen LogP) is 3.70. The molecule has 1 saturated carbocycles. The number of carbonyl (C=O) groups is 2. The molecule has 0 bridgehead atoms. The van der Waals surface area contributed by atoms with Crippen LogP contribution in [-0.2, 0) is 16.0 Å². The van der Waals surface area contributed by atoms with Crippen molar-refractivity contribution < 1.29 is 9.59 Å². The molecule has 31 heavy (non-hydrogen) atoms. The number of nitrogens with one attached hydrogen (secondary N) is 2. The minimum absolute atomic E-state index is 0.0458. The molecular formula is C24H24N4O2S. The molecule has 2 amide bonds. The summed E-state index contributed by atoms with van der Waals surface area (Å²) in [4.78, 5) is 32.8. The molecule has 5 rings (SSSR count). The molecule has 2 aliphatic rings. The minimum atomic E-state index is -0.550. The van der Waals surface area contributed by atoms with Gasteiger partial charge < -0.3 is 15.2 Å². The maximum absolute atomic E-state index is 13.2. The fraction of sp³-hybridized carbons (Fsp3) is 0.292. The van der Waals surface area contributed by atoms with Gasteiger partial charge in [0, 0.05) is 30.0 Å². The van der Waals surface area contributed by atoms with Crippen molar-refractivity contribution in [3.05, 3.63) is 66.4 Å². The smallest absolute Gasteiger partial charge is 0.252 e. The number of hydrogen-bond donors (Lipinski definition) is 2. The van der Waals surface area contributed by atoms with Gasteiger partial charge in [0.15, 0.2) is 5.11 Å². The number of anilines is 1. The maximum atomic E-state index is 13.2. The SMILES string of the molecule is O=C(CC1C(=O)N(C2CC2)C(=S)N1CCc1ccccc1)Nc1ccc2cc[nH]c2c1. The second-order valence-electron chi connectivity index (χ2n) is 8.20. The lowest BCUT2D eigenvalue weighted by atomic mass is 10.1. The number of rotatable bonds is 7. The Labute approximate surface area is 186 Å². The highest BCUT2D eigenvalue weighted by atomic mass is 32.1. The van der Waals surface area contributed by atoms with Crippen LogP contribution in [0, 0.1) is 0 Å². The summed E-state index contributed by atoms with van der Waals surface area (Å²) >= 11 is 5.67. The number of fused-ring (bicyclic) bond motifs is 1. The van der Waals surface area contributed by atoms with E-state index >= 15 is 0 Å². The van der Waals surface area contributed by atoms with Gasteiger partial charge in [-0.15, -0.1) is 0 Å². The molecule has 2 fully saturated rings. The molecule has 1 aliphatic carbocycles. The highest BCUT2D eigenvalue weighted by molar-refractivity contribution is 7.80. The van der Waals surface area contributed by atoms with E-state index in [4.69, 9.17) is 12.2 Å². The summed E-state index contributed by atoms with van der Waals surface area (Å²) in [6, 6.07) is 17.5. The number of H-pyrrole nitrogens is 1. The third kappa shape index (κ3) is 4.05. The number of benzene rings is 2. The zero-order valence-electron chi connectivity index (χ0n) is 17.1. The zero-order valence-corrected chi connectivity index (χ0v) is 17.9. The lowest BCUT2D eigenvalue weighted by Gasteiger charge is -2.24. The summed E-state index contributed by atoms with van der Waals surface area (Å²) in [5, 5.41) is 4.59. The quantitative estimate of drug-likeness (QED) is 0.559. The van der Waals surface area contributed by atoms with Gasteiger partial charge in [-0.25, -0.2) is 0 Å². The second-order valence-corrected chi connectivity index (χ2v) is 8.56. The maximum Gasteiger partial charge on any atom is 0.252 e. The van der Waals surface area contributed by atoms with Gasteiger partial charge in [-0.05, 0) is 60.6 Å². The molecule has 1 aromatic heterocycles. The Morgan fingerprint density at radius 2 is 1.94 bits per heavy atom. The van der Waals surface area contributed by atoms with Crippen LogP contribution in [-0.4, -0.2) is 50.3 Å². The van der Waals surface area contributed by atoms with Gasteiger partial charge in [-0.2, -0.15) is 0 Å². The first-order valence-electron chi connectivity index (χ1n) is 10.6.